The number of para-hydroxylation sites is 2. The van der Waals surface area contributed by atoms with Crippen molar-refractivity contribution in [3.8, 4) is 11.5 Å². The van der Waals surface area contributed by atoms with Gasteiger partial charge < -0.3 is 24.8 Å². The van der Waals surface area contributed by atoms with Crippen LogP contribution >= 0.6 is 0 Å². The van der Waals surface area contributed by atoms with Crippen LogP contribution in [-0.2, 0) is 9.53 Å². The molecule has 2 N–H and O–H groups in total. The molecule has 2 heterocycles. The molecule has 164 valence electrons. The Balaban J connectivity index is 1.25. The van der Waals surface area contributed by atoms with Crippen LogP contribution < -0.4 is 10.1 Å². The lowest BCUT2D eigenvalue weighted by atomic mass is 9.95. The summed E-state index contributed by atoms with van der Waals surface area (Å²) in [5, 5.41) is 12.6. The number of phenolic OH excluding ortho intramolecular Hbond substituents is 1. The molecule has 2 aromatic carbocycles. The average Bonchev–Trinajstić information content (AvgIpc) is 3.33. The van der Waals surface area contributed by atoms with E-state index in [0.29, 0.717) is 43.8 Å². The standard InChI is InChI=1S/C24H28N2O5/c27-22-6-2-1-5-21(22)25-23(28)17-11-13-26(14-12-17)24(29)18-7-9-19(10-8-18)31-16-20-4-3-15-30-20/h1-2,5-10,17,20,27H,3-4,11-16H2,(H,25,28)/t20-/m1/s1. The smallest absolute Gasteiger partial charge is 0.253 e. The third kappa shape index (κ3) is 5.35. The number of anilines is 1. The summed E-state index contributed by atoms with van der Waals surface area (Å²) in [6.07, 6.45) is 3.44. The molecule has 2 fully saturated rings. The second-order valence-electron chi connectivity index (χ2n) is 8.04. The van der Waals surface area contributed by atoms with Gasteiger partial charge in [-0.05, 0) is 62.1 Å². The summed E-state index contributed by atoms with van der Waals surface area (Å²) in [7, 11) is 0. The van der Waals surface area contributed by atoms with Crippen molar-refractivity contribution in [1.29, 1.82) is 0 Å². The monoisotopic (exact) mass is 424 g/mol. The van der Waals surface area contributed by atoms with Crippen LogP contribution in [0.2, 0.25) is 0 Å². The number of hydrogen-bond acceptors (Lipinski definition) is 5. The molecule has 2 amide bonds. The Hall–Kier alpha value is -3.06. The number of carbonyl (C=O) groups is 2. The van der Waals surface area contributed by atoms with E-state index in [0.717, 1.165) is 25.2 Å². The van der Waals surface area contributed by atoms with Crippen molar-refractivity contribution in [2.45, 2.75) is 31.8 Å². The summed E-state index contributed by atoms with van der Waals surface area (Å²) in [6, 6.07) is 13.9. The van der Waals surface area contributed by atoms with Gasteiger partial charge in [0.2, 0.25) is 5.91 Å². The Morgan fingerprint density at radius 1 is 1.06 bits per heavy atom. The van der Waals surface area contributed by atoms with E-state index >= 15 is 0 Å². The maximum atomic E-state index is 12.8. The zero-order valence-corrected chi connectivity index (χ0v) is 17.5. The molecule has 0 saturated carbocycles. The fourth-order valence-corrected chi connectivity index (χ4v) is 4.00. The topological polar surface area (TPSA) is 88.1 Å². The second kappa shape index (κ2) is 9.83. The zero-order valence-electron chi connectivity index (χ0n) is 17.5. The number of benzene rings is 2. The Morgan fingerprint density at radius 2 is 1.81 bits per heavy atom. The molecule has 0 radical (unpaired) electrons. The van der Waals surface area contributed by atoms with Gasteiger partial charge in [-0.15, -0.1) is 0 Å². The lowest BCUT2D eigenvalue weighted by Gasteiger charge is -2.31. The van der Waals surface area contributed by atoms with Gasteiger partial charge >= 0.3 is 0 Å². The zero-order chi connectivity index (χ0) is 21.6. The van der Waals surface area contributed by atoms with Gasteiger partial charge in [-0.3, -0.25) is 9.59 Å². The summed E-state index contributed by atoms with van der Waals surface area (Å²) < 4.78 is 11.3. The van der Waals surface area contributed by atoms with Crippen molar-refractivity contribution in [2.75, 3.05) is 31.6 Å². The molecule has 0 aromatic heterocycles. The Bertz CT molecular complexity index is 900. The largest absolute Gasteiger partial charge is 0.506 e. The van der Waals surface area contributed by atoms with E-state index in [2.05, 4.69) is 5.32 Å². The number of phenols is 1. The molecular weight excluding hydrogens is 396 g/mol. The van der Waals surface area contributed by atoms with E-state index in [1.54, 1.807) is 35.2 Å². The van der Waals surface area contributed by atoms with E-state index < -0.39 is 0 Å². The van der Waals surface area contributed by atoms with Crippen LogP contribution in [0.4, 0.5) is 5.69 Å². The molecule has 4 rings (SSSR count). The Kier molecular flexibility index (Phi) is 6.72. The number of nitrogens with zero attached hydrogens (tertiary/aromatic N) is 1. The van der Waals surface area contributed by atoms with Crippen LogP contribution in [0.3, 0.4) is 0 Å². The van der Waals surface area contributed by atoms with Gasteiger partial charge in [-0.1, -0.05) is 12.1 Å². The summed E-state index contributed by atoms with van der Waals surface area (Å²) in [5.74, 6) is 0.432. The van der Waals surface area contributed by atoms with E-state index in [-0.39, 0.29) is 29.6 Å². The van der Waals surface area contributed by atoms with E-state index in [1.165, 1.54) is 6.07 Å². The minimum absolute atomic E-state index is 0.0368. The molecule has 0 spiro atoms. The first-order valence-electron chi connectivity index (χ1n) is 10.8. The van der Waals surface area contributed by atoms with Crippen molar-refractivity contribution in [3.63, 3.8) is 0 Å². The molecular formula is C24H28N2O5. The summed E-state index contributed by atoms with van der Waals surface area (Å²) in [5.41, 5.74) is 1.02. The van der Waals surface area contributed by atoms with E-state index in [1.807, 2.05) is 12.1 Å². The minimum atomic E-state index is -0.183. The average molecular weight is 424 g/mol. The molecule has 2 aliphatic rings. The van der Waals surface area contributed by atoms with Crippen LogP contribution in [0.15, 0.2) is 48.5 Å². The highest BCUT2D eigenvalue weighted by molar-refractivity contribution is 5.96. The summed E-state index contributed by atoms with van der Waals surface area (Å²) in [6.45, 7) is 2.38. The highest BCUT2D eigenvalue weighted by Crippen LogP contribution is 2.25. The van der Waals surface area contributed by atoms with Crippen molar-refractivity contribution in [3.05, 3.63) is 54.1 Å². The van der Waals surface area contributed by atoms with Gasteiger partial charge in [0.1, 0.15) is 18.1 Å². The number of nitrogens with one attached hydrogen (secondary N) is 1. The van der Waals surface area contributed by atoms with E-state index in [9.17, 15) is 14.7 Å². The number of piperidine rings is 1. The summed E-state index contributed by atoms with van der Waals surface area (Å²) >= 11 is 0. The first-order valence-corrected chi connectivity index (χ1v) is 10.8. The van der Waals surface area contributed by atoms with E-state index in [4.69, 9.17) is 9.47 Å². The molecule has 2 aromatic rings. The number of hydrogen-bond donors (Lipinski definition) is 2. The fraction of sp³-hybridized carbons (Fsp3) is 0.417. The predicted molar refractivity (Wildman–Crippen MR) is 116 cm³/mol. The fourth-order valence-electron chi connectivity index (χ4n) is 4.00. The number of aromatic hydroxyl groups is 1. The molecule has 2 aliphatic heterocycles. The van der Waals surface area contributed by atoms with Crippen LogP contribution in [0.5, 0.6) is 11.5 Å². The third-order valence-corrected chi connectivity index (χ3v) is 5.88. The number of carbonyl (C=O) groups excluding carboxylic acids is 2. The van der Waals surface area contributed by atoms with Crippen molar-refractivity contribution in [1.82, 2.24) is 4.90 Å². The van der Waals surface area contributed by atoms with Gasteiger partial charge in [0.05, 0.1) is 11.8 Å². The number of ether oxygens (including phenoxy) is 2. The number of rotatable bonds is 6. The highest BCUT2D eigenvalue weighted by Gasteiger charge is 2.28. The summed E-state index contributed by atoms with van der Waals surface area (Å²) in [4.78, 5) is 27.1. The maximum absolute atomic E-state index is 12.8. The Morgan fingerprint density at radius 3 is 2.48 bits per heavy atom. The van der Waals surface area contributed by atoms with Crippen LogP contribution in [0.25, 0.3) is 0 Å². The van der Waals surface area contributed by atoms with Gasteiger partial charge in [0, 0.05) is 31.2 Å². The van der Waals surface area contributed by atoms with Gasteiger partial charge in [-0.25, -0.2) is 0 Å². The maximum Gasteiger partial charge on any atom is 0.253 e. The lowest BCUT2D eigenvalue weighted by molar-refractivity contribution is -0.121. The molecule has 0 bridgehead atoms. The number of amides is 2. The quantitative estimate of drug-likeness (QED) is 0.694. The second-order valence-corrected chi connectivity index (χ2v) is 8.04. The van der Waals surface area contributed by atoms with Crippen molar-refractivity contribution in [2.24, 2.45) is 5.92 Å². The van der Waals surface area contributed by atoms with Crippen LogP contribution in [0, 0.1) is 5.92 Å². The van der Waals surface area contributed by atoms with Gasteiger partial charge in [-0.2, -0.15) is 0 Å². The number of likely N-dealkylation sites (tertiary alicyclic amines) is 1. The molecule has 0 aliphatic carbocycles. The predicted octanol–water partition coefficient (Wildman–Crippen LogP) is 3.44. The molecule has 7 heteroatoms. The Labute approximate surface area is 182 Å². The normalized spacial score (nSPS) is 19.2. The van der Waals surface area contributed by atoms with Crippen molar-refractivity contribution < 1.29 is 24.2 Å². The molecule has 7 nitrogen and oxygen atoms in total. The van der Waals surface area contributed by atoms with Crippen LogP contribution in [0.1, 0.15) is 36.0 Å². The van der Waals surface area contributed by atoms with Gasteiger partial charge in [0.25, 0.3) is 5.91 Å². The third-order valence-electron chi connectivity index (χ3n) is 5.88. The molecule has 0 unspecified atom stereocenters. The SMILES string of the molecule is O=C(Nc1ccccc1O)C1CCN(C(=O)c2ccc(OC[C@H]3CCCO3)cc2)CC1. The minimum Gasteiger partial charge on any atom is -0.506 e. The highest BCUT2D eigenvalue weighted by atomic mass is 16.5. The molecule has 1 atom stereocenters. The first-order chi connectivity index (χ1) is 15.1. The lowest BCUT2D eigenvalue weighted by Crippen LogP contribution is -2.41. The van der Waals surface area contributed by atoms with Gasteiger partial charge in [0.15, 0.2) is 0 Å². The van der Waals surface area contributed by atoms with Crippen molar-refractivity contribution >= 4 is 17.5 Å². The molecule has 2 saturated heterocycles. The van der Waals surface area contributed by atoms with Crippen LogP contribution in [-0.4, -0.2) is 54.2 Å². The molecule has 31 heavy (non-hydrogen) atoms. The first kappa shape index (κ1) is 21.2.